The van der Waals surface area contributed by atoms with E-state index >= 15 is 0 Å². The molecule has 0 atom stereocenters. The lowest BCUT2D eigenvalue weighted by Crippen LogP contribution is -2.40. The van der Waals surface area contributed by atoms with Crippen LogP contribution in [0.15, 0.2) is 54.7 Å². The molecule has 0 bridgehead atoms. The number of aromatic amines is 1. The Labute approximate surface area is 188 Å². The van der Waals surface area contributed by atoms with Crippen LogP contribution in [0.2, 0.25) is 0 Å². The van der Waals surface area contributed by atoms with Gasteiger partial charge in [0.2, 0.25) is 0 Å². The van der Waals surface area contributed by atoms with Gasteiger partial charge in [0, 0.05) is 43.0 Å². The number of hydrogen-bond acceptors (Lipinski definition) is 5. The number of H-pyrrole nitrogens is 1. The molecule has 0 radical (unpaired) electrons. The number of carbonyl (C=O) groups excluding carboxylic acids is 1. The van der Waals surface area contributed by atoms with E-state index in [-0.39, 0.29) is 12.3 Å². The van der Waals surface area contributed by atoms with Crippen LogP contribution < -0.4 is 5.32 Å². The van der Waals surface area contributed by atoms with Gasteiger partial charge in [0.1, 0.15) is 17.5 Å². The van der Waals surface area contributed by atoms with Crippen molar-refractivity contribution in [2.45, 2.75) is 6.42 Å². The van der Waals surface area contributed by atoms with Gasteiger partial charge in [-0.25, -0.2) is 13.8 Å². The summed E-state index contributed by atoms with van der Waals surface area (Å²) in [5, 5.41) is 11.1. The van der Waals surface area contributed by atoms with Crippen LogP contribution >= 0.6 is 0 Å². The van der Waals surface area contributed by atoms with Crippen molar-refractivity contribution >= 4 is 28.4 Å². The molecule has 0 unspecified atom stereocenters. The first kappa shape index (κ1) is 21.0. The number of halogens is 2. The van der Waals surface area contributed by atoms with E-state index in [1.54, 1.807) is 23.2 Å². The molecule has 7 nitrogen and oxygen atoms in total. The molecule has 3 heterocycles. The molecule has 33 heavy (non-hydrogen) atoms. The number of anilines is 2. The summed E-state index contributed by atoms with van der Waals surface area (Å²) in [5.74, 6) is -0.639. The highest BCUT2D eigenvalue weighted by Crippen LogP contribution is 2.26. The largest absolute Gasteiger partial charge is 0.378 e. The standard InChI is InChI=1S/C24H21F2N5O2/c25-18-5-4-16(21(26)13-18)10-15-11-20-22(27-14-15)29-30-23(20)28-19-3-1-2-17(12-19)24(32)31-6-8-33-9-7-31/h1-5,11-14H,6-10H2,(H2,27,28,29,30). The summed E-state index contributed by atoms with van der Waals surface area (Å²) in [4.78, 5) is 18.9. The third kappa shape index (κ3) is 4.54. The fourth-order valence-corrected chi connectivity index (χ4v) is 3.84. The van der Waals surface area contributed by atoms with Crippen molar-refractivity contribution in [3.63, 3.8) is 0 Å². The Morgan fingerprint density at radius 2 is 1.97 bits per heavy atom. The molecule has 1 amide bonds. The molecule has 5 rings (SSSR count). The molecule has 1 aliphatic rings. The third-order valence-electron chi connectivity index (χ3n) is 5.55. The highest BCUT2D eigenvalue weighted by molar-refractivity contribution is 5.96. The molecular weight excluding hydrogens is 428 g/mol. The van der Waals surface area contributed by atoms with E-state index in [4.69, 9.17) is 4.74 Å². The molecule has 168 valence electrons. The molecule has 1 saturated heterocycles. The molecule has 0 spiro atoms. The van der Waals surface area contributed by atoms with Crippen molar-refractivity contribution in [3.8, 4) is 0 Å². The van der Waals surface area contributed by atoms with Crippen molar-refractivity contribution < 1.29 is 18.3 Å². The second-order valence-electron chi connectivity index (χ2n) is 7.84. The number of amides is 1. The van der Waals surface area contributed by atoms with Crippen LogP contribution in [0.4, 0.5) is 20.3 Å². The van der Waals surface area contributed by atoms with E-state index in [2.05, 4.69) is 20.5 Å². The third-order valence-corrected chi connectivity index (χ3v) is 5.55. The predicted molar refractivity (Wildman–Crippen MR) is 119 cm³/mol. The van der Waals surface area contributed by atoms with Crippen LogP contribution in [0.25, 0.3) is 11.0 Å². The van der Waals surface area contributed by atoms with E-state index in [0.29, 0.717) is 48.9 Å². The Balaban J connectivity index is 1.38. The Morgan fingerprint density at radius 1 is 1.12 bits per heavy atom. The summed E-state index contributed by atoms with van der Waals surface area (Å²) < 4.78 is 32.6. The van der Waals surface area contributed by atoms with Crippen LogP contribution in [0.1, 0.15) is 21.5 Å². The lowest BCUT2D eigenvalue weighted by molar-refractivity contribution is 0.0303. The monoisotopic (exact) mass is 449 g/mol. The number of hydrogen-bond donors (Lipinski definition) is 2. The molecule has 0 aliphatic carbocycles. The molecule has 2 N–H and O–H groups in total. The maximum absolute atomic E-state index is 14.1. The number of ether oxygens (including phenoxy) is 1. The smallest absolute Gasteiger partial charge is 0.254 e. The number of carbonyl (C=O) groups is 1. The van der Waals surface area contributed by atoms with Crippen LogP contribution in [0.3, 0.4) is 0 Å². The van der Waals surface area contributed by atoms with Gasteiger partial charge in [0.15, 0.2) is 5.65 Å². The summed E-state index contributed by atoms with van der Waals surface area (Å²) in [7, 11) is 0. The number of nitrogens with zero attached hydrogens (tertiary/aromatic N) is 3. The van der Waals surface area contributed by atoms with Gasteiger partial charge in [0.25, 0.3) is 5.91 Å². The molecule has 0 saturated carbocycles. The normalized spacial score (nSPS) is 13.9. The molecule has 2 aromatic carbocycles. The van der Waals surface area contributed by atoms with E-state index in [0.717, 1.165) is 22.7 Å². The molecule has 2 aromatic heterocycles. The minimum absolute atomic E-state index is 0.0401. The summed E-state index contributed by atoms with van der Waals surface area (Å²) in [6, 6.07) is 12.6. The van der Waals surface area contributed by atoms with Gasteiger partial charge in [0.05, 0.1) is 18.6 Å². The number of aromatic nitrogens is 3. The summed E-state index contributed by atoms with van der Waals surface area (Å²) >= 11 is 0. The number of rotatable bonds is 5. The van der Waals surface area contributed by atoms with Crippen molar-refractivity contribution in [1.82, 2.24) is 20.1 Å². The van der Waals surface area contributed by atoms with Gasteiger partial charge in [-0.3, -0.25) is 9.89 Å². The first-order valence-corrected chi connectivity index (χ1v) is 10.6. The van der Waals surface area contributed by atoms with Gasteiger partial charge in [-0.2, -0.15) is 5.10 Å². The molecule has 1 fully saturated rings. The van der Waals surface area contributed by atoms with Gasteiger partial charge in [-0.05, 0) is 41.5 Å². The fourth-order valence-electron chi connectivity index (χ4n) is 3.84. The van der Waals surface area contributed by atoms with Gasteiger partial charge < -0.3 is 15.0 Å². The average Bonchev–Trinajstić information content (AvgIpc) is 3.23. The van der Waals surface area contributed by atoms with Gasteiger partial charge in [-0.1, -0.05) is 12.1 Å². The minimum atomic E-state index is -0.611. The molecule has 1 aliphatic heterocycles. The zero-order valence-corrected chi connectivity index (χ0v) is 17.6. The minimum Gasteiger partial charge on any atom is -0.378 e. The van der Waals surface area contributed by atoms with Crippen LogP contribution in [-0.2, 0) is 11.2 Å². The first-order chi connectivity index (χ1) is 16.1. The van der Waals surface area contributed by atoms with Crippen molar-refractivity contribution in [2.75, 3.05) is 31.6 Å². The van der Waals surface area contributed by atoms with Crippen LogP contribution in [0.5, 0.6) is 0 Å². The second kappa shape index (κ2) is 8.95. The van der Waals surface area contributed by atoms with E-state index < -0.39 is 11.6 Å². The van der Waals surface area contributed by atoms with Gasteiger partial charge in [-0.15, -0.1) is 0 Å². The lowest BCUT2D eigenvalue weighted by Gasteiger charge is -2.27. The summed E-state index contributed by atoms with van der Waals surface area (Å²) in [6.45, 7) is 2.23. The van der Waals surface area contributed by atoms with Gasteiger partial charge >= 0.3 is 0 Å². The maximum Gasteiger partial charge on any atom is 0.254 e. The average molecular weight is 449 g/mol. The SMILES string of the molecule is O=C(c1cccc(Nc2[nH]nc3ncc(Cc4ccc(F)cc4F)cc23)c1)N1CCOCC1. The summed E-state index contributed by atoms with van der Waals surface area (Å²) in [5.41, 5.74) is 2.94. The van der Waals surface area contributed by atoms with E-state index in [9.17, 15) is 13.6 Å². The number of pyridine rings is 1. The van der Waals surface area contributed by atoms with Crippen molar-refractivity contribution in [2.24, 2.45) is 0 Å². The molecule has 4 aromatic rings. The fraction of sp³-hybridized carbons (Fsp3) is 0.208. The topological polar surface area (TPSA) is 83.1 Å². The van der Waals surface area contributed by atoms with Crippen LogP contribution in [0, 0.1) is 11.6 Å². The predicted octanol–water partition coefficient (Wildman–Crippen LogP) is 4.04. The van der Waals surface area contributed by atoms with Crippen molar-refractivity contribution in [3.05, 3.63) is 83.1 Å². The van der Waals surface area contributed by atoms with Crippen LogP contribution in [-0.4, -0.2) is 52.3 Å². The Bertz CT molecular complexity index is 1320. The Morgan fingerprint density at radius 3 is 2.79 bits per heavy atom. The zero-order chi connectivity index (χ0) is 22.8. The summed E-state index contributed by atoms with van der Waals surface area (Å²) in [6.07, 6.45) is 1.89. The number of fused-ring (bicyclic) bond motifs is 1. The number of nitrogens with one attached hydrogen (secondary N) is 2. The highest BCUT2D eigenvalue weighted by Gasteiger charge is 2.19. The molecule has 9 heteroatoms. The quantitative estimate of drug-likeness (QED) is 0.481. The van der Waals surface area contributed by atoms with Crippen molar-refractivity contribution in [1.29, 1.82) is 0 Å². The Hall–Kier alpha value is -3.85. The van der Waals surface area contributed by atoms with E-state index in [1.165, 1.54) is 12.1 Å². The molecular formula is C24H21F2N5O2. The zero-order valence-electron chi connectivity index (χ0n) is 17.6. The lowest BCUT2D eigenvalue weighted by atomic mass is 10.1. The maximum atomic E-state index is 14.1. The number of benzene rings is 2. The Kier molecular flexibility index (Phi) is 5.70. The van der Waals surface area contributed by atoms with E-state index in [1.807, 2.05) is 18.2 Å². The highest BCUT2D eigenvalue weighted by atomic mass is 19.1. The first-order valence-electron chi connectivity index (χ1n) is 10.6. The number of morpholine rings is 1. The second-order valence-corrected chi connectivity index (χ2v) is 7.84.